The van der Waals surface area contributed by atoms with Gasteiger partial charge in [0, 0.05) is 11.6 Å². The lowest BCUT2D eigenvalue weighted by atomic mass is 10.0. The van der Waals surface area contributed by atoms with Gasteiger partial charge in [0.15, 0.2) is 12.4 Å². The molecule has 0 atom stereocenters. The molecule has 4 rings (SSSR count). The van der Waals surface area contributed by atoms with E-state index in [1.54, 1.807) is 0 Å². The molecule has 4 aromatic rings. The predicted octanol–water partition coefficient (Wildman–Crippen LogP) is 5.38. The lowest BCUT2D eigenvalue weighted by molar-refractivity contribution is -0.377. The zero-order valence-electron chi connectivity index (χ0n) is 13.1. The number of aromatic amines is 1. The molecule has 2 aromatic carbocycles. The molecular weight excluding hydrogens is 294 g/mol. The maximum Gasteiger partial charge on any atom is 0.367 e. The molecule has 0 radical (unpaired) electrons. The number of rotatable bonds is 3. The monoisotopic (exact) mass is 311 g/mol. The van der Waals surface area contributed by atoms with Crippen LogP contribution in [-0.2, 0) is 0 Å². The van der Waals surface area contributed by atoms with E-state index >= 15 is 0 Å². The molecule has 24 heavy (non-hydrogen) atoms. The van der Waals surface area contributed by atoms with Gasteiger partial charge in [-0.1, -0.05) is 48.5 Å². The molecule has 0 aliphatic carbocycles. The number of pyridine rings is 1. The van der Waals surface area contributed by atoms with E-state index in [4.69, 9.17) is 4.42 Å². The minimum Gasteiger partial charge on any atom is -0.217 e. The summed E-state index contributed by atoms with van der Waals surface area (Å²) in [6.45, 7) is 0. The van der Waals surface area contributed by atoms with Crippen molar-refractivity contribution in [2.75, 3.05) is 0 Å². The summed E-state index contributed by atoms with van der Waals surface area (Å²) in [5.41, 5.74) is 4.40. The van der Waals surface area contributed by atoms with Gasteiger partial charge in [0.05, 0.1) is 17.7 Å². The van der Waals surface area contributed by atoms with Gasteiger partial charge < -0.3 is 0 Å². The second kappa shape index (κ2) is 6.47. The summed E-state index contributed by atoms with van der Waals surface area (Å²) in [6.07, 6.45) is 3.84. The zero-order valence-corrected chi connectivity index (χ0v) is 13.1. The summed E-state index contributed by atoms with van der Waals surface area (Å²) in [7, 11) is 0. The van der Waals surface area contributed by atoms with Gasteiger partial charge in [-0.2, -0.15) is 0 Å². The van der Waals surface area contributed by atoms with Crippen molar-refractivity contribution < 1.29 is 9.40 Å². The fraction of sp³-hybridized carbons (Fsp3) is 0. The van der Waals surface area contributed by atoms with Crippen LogP contribution in [0.15, 0.2) is 102 Å². The SMILES string of the molecule is c1ccc(-c2cc(-c3ccccc3)[o+]c(-c3ccc[nH+]c3)c2)cc1. The smallest absolute Gasteiger partial charge is 0.217 e. The second-order valence-electron chi connectivity index (χ2n) is 5.60. The summed E-state index contributed by atoms with van der Waals surface area (Å²) in [6, 6.07) is 28.8. The first-order valence-electron chi connectivity index (χ1n) is 7.96. The molecule has 0 fully saturated rings. The van der Waals surface area contributed by atoms with Crippen LogP contribution in [0.2, 0.25) is 0 Å². The Hall–Kier alpha value is -3.26. The van der Waals surface area contributed by atoms with Crippen LogP contribution >= 0.6 is 0 Å². The van der Waals surface area contributed by atoms with E-state index in [-0.39, 0.29) is 0 Å². The van der Waals surface area contributed by atoms with Crippen molar-refractivity contribution in [1.82, 2.24) is 0 Å². The van der Waals surface area contributed by atoms with Crippen LogP contribution in [0.3, 0.4) is 0 Å². The molecule has 0 unspecified atom stereocenters. The van der Waals surface area contributed by atoms with Crippen LogP contribution in [0.4, 0.5) is 0 Å². The molecule has 0 spiro atoms. The van der Waals surface area contributed by atoms with Gasteiger partial charge in [-0.25, -0.2) is 9.40 Å². The second-order valence-corrected chi connectivity index (χ2v) is 5.60. The lowest BCUT2D eigenvalue weighted by Gasteiger charge is -2.01. The van der Waals surface area contributed by atoms with E-state index in [9.17, 15) is 0 Å². The summed E-state index contributed by atoms with van der Waals surface area (Å²) >= 11 is 0. The number of hydrogen-bond acceptors (Lipinski definition) is 0. The third-order valence-corrected chi connectivity index (χ3v) is 3.95. The Morgan fingerprint density at radius 2 is 1.12 bits per heavy atom. The molecule has 0 saturated heterocycles. The number of hydrogen-bond donors (Lipinski definition) is 0. The van der Waals surface area contributed by atoms with Gasteiger partial charge in [0.1, 0.15) is 5.56 Å². The van der Waals surface area contributed by atoms with Crippen LogP contribution < -0.4 is 4.98 Å². The zero-order chi connectivity index (χ0) is 16.2. The predicted molar refractivity (Wildman–Crippen MR) is 96.0 cm³/mol. The molecule has 2 aromatic heterocycles. The average molecular weight is 311 g/mol. The Bertz CT molecular complexity index is 796. The maximum atomic E-state index is 6.19. The standard InChI is InChI=1S/C22H16NO/c1-3-8-17(9-4-1)20-14-21(18-10-5-2-6-11-18)24-22(15-20)19-12-7-13-23-16-19/h1-16H/q+1/p+1. The number of aromatic nitrogens is 1. The Kier molecular flexibility index (Phi) is 3.86. The van der Waals surface area contributed by atoms with Crippen LogP contribution in [0.5, 0.6) is 0 Å². The van der Waals surface area contributed by atoms with Gasteiger partial charge in [0.2, 0.25) is 0 Å². The van der Waals surface area contributed by atoms with Gasteiger partial charge >= 0.3 is 11.5 Å². The maximum absolute atomic E-state index is 6.19. The van der Waals surface area contributed by atoms with Crippen molar-refractivity contribution in [1.29, 1.82) is 0 Å². The summed E-state index contributed by atoms with van der Waals surface area (Å²) in [5.74, 6) is 1.70. The average Bonchev–Trinajstić information content (AvgIpc) is 2.70. The van der Waals surface area contributed by atoms with Crippen LogP contribution in [-0.4, -0.2) is 0 Å². The summed E-state index contributed by atoms with van der Waals surface area (Å²) < 4.78 is 6.19. The first-order valence-corrected chi connectivity index (χ1v) is 7.96. The Balaban J connectivity index is 1.92. The first kappa shape index (κ1) is 14.3. The van der Waals surface area contributed by atoms with Gasteiger partial charge in [-0.05, 0) is 23.8 Å². The van der Waals surface area contributed by atoms with Crippen molar-refractivity contribution in [2.45, 2.75) is 0 Å². The molecular formula is C22H17NO+2. The van der Waals surface area contributed by atoms with Crippen molar-refractivity contribution in [3.63, 3.8) is 0 Å². The van der Waals surface area contributed by atoms with Crippen molar-refractivity contribution in [2.24, 2.45) is 0 Å². The highest BCUT2D eigenvalue weighted by atomic mass is 16.3. The molecule has 1 N–H and O–H groups in total. The van der Waals surface area contributed by atoms with E-state index in [1.165, 1.54) is 5.56 Å². The highest BCUT2D eigenvalue weighted by Crippen LogP contribution is 2.32. The number of H-pyrrole nitrogens is 1. The fourth-order valence-electron chi connectivity index (χ4n) is 2.73. The van der Waals surface area contributed by atoms with E-state index in [0.29, 0.717) is 0 Å². The highest BCUT2D eigenvalue weighted by Gasteiger charge is 2.21. The van der Waals surface area contributed by atoms with Crippen LogP contribution in [0.25, 0.3) is 33.8 Å². The number of nitrogens with one attached hydrogen (secondary N) is 1. The molecule has 114 valence electrons. The van der Waals surface area contributed by atoms with Crippen molar-refractivity contribution in [3.8, 4) is 33.8 Å². The van der Waals surface area contributed by atoms with Crippen molar-refractivity contribution in [3.05, 3.63) is 97.3 Å². The fourth-order valence-corrected chi connectivity index (χ4v) is 2.73. The van der Waals surface area contributed by atoms with Crippen molar-refractivity contribution >= 4 is 0 Å². The van der Waals surface area contributed by atoms with E-state index in [1.807, 2.05) is 48.8 Å². The summed E-state index contributed by atoms with van der Waals surface area (Å²) in [5, 5.41) is 0. The topological polar surface area (TPSA) is 25.4 Å². The summed E-state index contributed by atoms with van der Waals surface area (Å²) in [4.78, 5) is 3.12. The van der Waals surface area contributed by atoms with Gasteiger partial charge in [-0.3, -0.25) is 0 Å². The molecule has 0 aliphatic rings. The van der Waals surface area contributed by atoms with E-state index < -0.39 is 0 Å². The molecule has 0 amide bonds. The molecule has 0 saturated carbocycles. The minimum atomic E-state index is 0.840. The van der Waals surface area contributed by atoms with E-state index in [0.717, 1.165) is 28.2 Å². The van der Waals surface area contributed by atoms with Gasteiger partial charge in [0.25, 0.3) is 0 Å². The molecule has 2 heterocycles. The quantitative estimate of drug-likeness (QED) is 0.467. The third kappa shape index (κ3) is 2.95. The molecule has 2 nitrogen and oxygen atoms in total. The Morgan fingerprint density at radius 1 is 0.542 bits per heavy atom. The molecule has 2 heteroatoms. The molecule has 0 aliphatic heterocycles. The minimum absolute atomic E-state index is 0.840. The Morgan fingerprint density at radius 3 is 1.75 bits per heavy atom. The lowest BCUT2D eigenvalue weighted by Crippen LogP contribution is -1.98. The number of benzene rings is 2. The largest absolute Gasteiger partial charge is 0.367 e. The normalized spacial score (nSPS) is 10.5. The highest BCUT2D eigenvalue weighted by molar-refractivity contribution is 5.74. The van der Waals surface area contributed by atoms with E-state index in [2.05, 4.69) is 53.5 Å². The molecule has 0 bridgehead atoms. The van der Waals surface area contributed by atoms with Crippen LogP contribution in [0, 0.1) is 0 Å². The van der Waals surface area contributed by atoms with Gasteiger partial charge in [-0.15, -0.1) is 0 Å². The van der Waals surface area contributed by atoms with Crippen LogP contribution in [0.1, 0.15) is 0 Å². The third-order valence-electron chi connectivity index (χ3n) is 3.95. The Labute approximate surface area is 141 Å². The first-order chi connectivity index (χ1) is 11.9.